The summed E-state index contributed by atoms with van der Waals surface area (Å²) < 4.78 is 25.6. The van der Waals surface area contributed by atoms with Gasteiger partial charge < -0.3 is 5.32 Å². The van der Waals surface area contributed by atoms with Crippen molar-refractivity contribution in [3.63, 3.8) is 0 Å². The normalized spacial score (nSPS) is 15.4. The predicted octanol–water partition coefficient (Wildman–Crippen LogP) is 3.25. The number of aromatic nitrogens is 2. The molecule has 0 aliphatic heterocycles. The van der Waals surface area contributed by atoms with Crippen LogP contribution in [0.3, 0.4) is 0 Å². The van der Waals surface area contributed by atoms with Crippen LogP contribution in [0, 0.1) is 12.8 Å². The van der Waals surface area contributed by atoms with E-state index >= 15 is 0 Å². The van der Waals surface area contributed by atoms with Gasteiger partial charge in [-0.3, -0.25) is 14.2 Å². The van der Waals surface area contributed by atoms with Gasteiger partial charge in [-0.05, 0) is 30.9 Å². The molecule has 1 amide bonds. The van der Waals surface area contributed by atoms with Crippen LogP contribution in [0.5, 0.6) is 0 Å². The summed E-state index contributed by atoms with van der Waals surface area (Å²) in [4.78, 5) is 12.5. The van der Waals surface area contributed by atoms with E-state index in [2.05, 4.69) is 15.5 Å². The number of rotatable bonds is 7. The van der Waals surface area contributed by atoms with Gasteiger partial charge in [0.15, 0.2) is 5.82 Å². The number of nitrogens with zero attached hydrogens (tertiary/aromatic N) is 2. The molecule has 3 rings (SSSR count). The quantitative estimate of drug-likeness (QED) is 0.740. The molecule has 8 heteroatoms. The van der Waals surface area contributed by atoms with E-state index in [1.165, 1.54) is 32.1 Å². The second-order valence-electron chi connectivity index (χ2n) is 7.59. The predicted molar refractivity (Wildman–Crippen MR) is 111 cm³/mol. The van der Waals surface area contributed by atoms with Gasteiger partial charge in [-0.1, -0.05) is 50.3 Å². The Morgan fingerprint density at radius 3 is 2.64 bits per heavy atom. The number of anilines is 2. The molecule has 152 valence electrons. The maximum absolute atomic E-state index is 12.5. The van der Waals surface area contributed by atoms with Gasteiger partial charge in [0.1, 0.15) is 6.54 Å². The standard InChI is InChI=1S/C20H28N4O3S/c1-15-8-6-7-11-18(15)24(28(2,26)27)14-20(25)21-19-13-17(22-23-19)12-16-9-4-3-5-10-16/h6-8,11,13,16H,3-5,9-10,12,14H2,1-2H3,(H2,21,22,23,25). The van der Waals surface area contributed by atoms with Gasteiger partial charge in [0, 0.05) is 11.8 Å². The second kappa shape index (κ2) is 8.77. The van der Waals surface area contributed by atoms with E-state index in [1.807, 2.05) is 25.1 Å². The molecule has 0 unspecified atom stereocenters. The average molecular weight is 405 g/mol. The van der Waals surface area contributed by atoms with Crippen molar-refractivity contribution in [1.29, 1.82) is 0 Å². The van der Waals surface area contributed by atoms with Crippen LogP contribution in [0.15, 0.2) is 30.3 Å². The average Bonchev–Trinajstić information content (AvgIpc) is 3.07. The highest BCUT2D eigenvalue weighted by atomic mass is 32.2. The molecule has 2 N–H and O–H groups in total. The summed E-state index contributed by atoms with van der Waals surface area (Å²) in [5.74, 6) is 0.665. The number of nitrogens with one attached hydrogen (secondary N) is 2. The molecule has 0 atom stereocenters. The molecular formula is C20H28N4O3S. The van der Waals surface area contributed by atoms with Gasteiger partial charge in [-0.2, -0.15) is 5.10 Å². The topological polar surface area (TPSA) is 95.2 Å². The fraction of sp³-hybridized carbons (Fsp3) is 0.500. The van der Waals surface area contributed by atoms with Crippen LogP contribution < -0.4 is 9.62 Å². The van der Waals surface area contributed by atoms with Crippen molar-refractivity contribution in [2.24, 2.45) is 5.92 Å². The summed E-state index contributed by atoms with van der Waals surface area (Å²) in [5.41, 5.74) is 2.29. The Kier molecular flexibility index (Phi) is 6.39. The van der Waals surface area contributed by atoms with Crippen molar-refractivity contribution >= 4 is 27.4 Å². The molecule has 7 nitrogen and oxygen atoms in total. The highest BCUT2D eigenvalue weighted by Crippen LogP contribution is 2.27. The summed E-state index contributed by atoms with van der Waals surface area (Å²) in [7, 11) is -3.60. The smallest absolute Gasteiger partial charge is 0.246 e. The minimum absolute atomic E-state index is 0.297. The fourth-order valence-corrected chi connectivity index (χ4v) is 4.68. The maximum atomic E-state index is 12.5. The molecule has 2 aromatic rings. The lowest BCUT2D eigenvalue weighted by atomic mass is 9.86. The molecule has 1 fully saturated rings. The third-order valence-electron chi connectivity index (χ3n) is 5.20. The third kappa shape index (κ3) is 5.34. The lowest BCUT2D eigenvalue weighted by Crippen LogP contribution is -2.37. The minimum Gasteiger partial charge on any atom is -0.308 e. The van der Waals surface area contributed by atoms with Crippen LogP contribution in [0.4, 0.5) is 11.5 Å². The number of sulfonamides is 1. The number of carbonyl (C=O) groups is 1. The summed E-state index contributed by atoms with van der Waals surface area (Å²) >= 11 is 0. The van der Waals surface area contributed by atoms with E-state index < -0.39 is 15.9 Å². The minimum atomic E-state index is -3.60. The molecule has 1 saturated carbocycles. The van der Waals surface area contributed by atoms with E-state index in [0.29, 0.717) is 17.4 Å². The molecule has 1 aromatic heterocycles. The second-order valence-corrected chi connectivity index (χ2v) is 9.50. The third-order valence-corrected chi connectivity index (χ3v) is 6.33. The number of hydrogen-bond acceptors (Lipinski definition) is 4. The number of aryl methyl sites for hydroxylation is 1. The highest BCUT2D eigenvalue weighted by Gasteiger charge is 2.23. The van der Waals surface area contributed by atoms with Crippen molar-refractivity contribution < 1.29 is 13.2 Å². The van der Waals surface area contributed by atoms with Gasteiger partial charge in [0.25, 0.3) is 0 Å². The van der Waals surface area contributed by atoms with Crippen molar-refractivity contribution in [2.45, 2.75) is 45.4 Å². The molecule has 0 radical (unpaired) electrons. The van der Waals surface area contributed by atoms with Crippen molar-refractivity contribution in [2.75, 3.05) is 22.4 Å². The van der Waals surface area contributed by atoms with E-state index in [4.69, 9.17) is 0 Å². The van der Waals surface area contributed by atoms with Crippen LogP contribution in [0.1, 0.15) is 43.4 Å². The van der Waals surface area contributed by atoms with Crippen LogP contribution >= 0.6 is 0 Å². The maximum Gasteiger partial charge on any atom is 0.246 e. The van der Waals surface area contributed by atoms with E-state index in [9.17, 15) is 13.2 Å². The van der Waals surface area contributed by atoms with Crippen molar-refractivity contribution in [3.8, 4) is 0 Å². The Morgan fingerprint density at radius 1 is 1.25 bits per heavy atom. The van der Waals surface area contributed by atoms with Crippen LogP contribution in [-0.2, 0) is 21.2 Å². The van der Waals surface area contributed by atoms with E-state index in [0.717, 1.165) is 28.2 Å². The van der Waals surface area contributed by atoms with Crippen molar-refractivity contribution in [3.05, 3.63) is 41.6 Å². The number of aromatic amines is 1. The summed E-state index contributed by atoms with van der Waals surface area (Å²) in [6.45, 7) is 1.52. The van der Waals surface area contributed by atoms with Gasteiger partial charge in [0.05, 0.1) is 11.9 Å². The Morgan fingerprint density at radius 2 is 1.96 bits per heavy atom. The lowest BCUT2D eigenvalue weighted by molar-refractivity contribution is -0.114. The van der Waals surface area contributed by atoms with Crippen LogP contribution in [0.2, 0.25) is 0 Å². The van der Waals surface area contributed by atoms with Crippen molar-refractivity contribution in [1.82, 2.24) is 10.2 Å². The van der Waals surface area contributed by atoms with Gasteiger partial charge >= 0.3 is 0 Å². The van der Waals surface area contributed by atoms with Crippen LogP contribution in [0.25, 0.3) is 0 Å². The molecule has 1 aliphatic rings. The largest absolute Gasteiger partial charge is 0.308 e. The monoisotopic (exact) mass is 404 g/mol. The zero-order chi connectivity index (χ0) is 20.1. The van der Waals surface area contributed by atoms with E-state index in [-0.39, 0.29) is 6.54 Å². The Labute approximate surface area is 166 Å². The molecule has 1 heterocycles. The molecule has 1 aliphatic carbocycles. The number of benzene rings is 1. The Hall–Kier alpha value is -2.35. The van der Waals surface area contributed by atoms with Gasteiger partial charge in [-0.15, -0.1) is 0 Å². The Balaban J connectivity index is 1.64. The molecular weight excluding hydrogens is 376 g/mol. The molecule has 0 bridgehead atoms. The fourth-order valence-electron chi connectivity index (χ4n) is 3.77. The molecule has 0 spiro atoms. The number of hydrogen-bond donors (Lipinski definition) is 2. The number of H-pyrrole nitrogens is 1. The van der Waals surface area contributed by atoms with E-state index in [1.54, 1.807) is 12.1 Å². The number of amides is 1. The zero-order valence-electron chi connectivity index (χ0n) is 16.4. The summed E-state index contributed by atoms with van der Waals surface area (Å²) in [6, 6.07) is 8.93. The highest BCUT2D eigenvalue weighted by molar-refractivity contribution is 7.92. The zero-order valence-corrected chi connectivity index (χ0v) is 17.3. The first-order valence-electron chi connectivity index (χ1n) is 9.70. The van der Waals surface area contributed by atoms with Crippen LogP contribution in [-0.4, -0.2) is 37.3 Å². The lowest BCUT2D eigenvalue weighted by Gasteiger charge is -2.23. The Bertz CT molecular complexity index is 917. The molecule has 28 heavy (non-hydrogen) atoms. The first kappa shape index (κ1) is 20.4. The van der Waals surface area contributed by atoms with Gasteiger partial charge in [-0.25, -0.2) is 8.42 Å². The SMILES string of the molecule is Cc1ccccc1N(CC(=O)Nc1cc(CC2CCCCC2)[nH]n1)S(C)(=O)=O. The number of para-hydroxylation sites is 1. The summed E-state index contributed by atoms with van der Waals surface area (Å²) in [6.07, 6.45) is 8.38. The first-order valence-corrected chi connectivity index (χ1v) is 11.6. The first-order chi connectivity index (χ1) is 13.3. The number of carbonyl (C=O) groups excluding carboxylic acids is 1. The molecule has 1 aromatic carbocycles. The molecule has 0 saturated heterocycles. The van der Waals surface area contributed by atoms with Gasteiger partial charge in [0.2, 0.25) is 15.9 Å². The summed E-state index contributed by atoms with van der Waals surface area (Å²) in [5, 5.41) is 9.85.